The van der Waals surface area contributed by atoms with Gasteiger partial charge in [-0.15, -0.1) is 0 Å². The first-order chi connectivity index (χ1) is 12.2. The van der Waals surface area contributed by atoms with Gasteiger partial charge in [0.05, 0.1) is 6.54 Å². The molecule has 4 heteroatoms. The van der Waals surface area contributed by atoms with Crippen molar-refractivity contribution in [1.29, 1.82) is 0 Å². The number of hydrogen-bond donors (Lipinski definition) is 1. The van der Waals surface area contributed by atoms with Crippen molar-refractivity contribution in [3.8, 4) is 5.75 Å². The average molecular weight is 338 g/mol. The van der Waals surface area contributed by atoms with E-state index in [0.717, 1.165) is 30.8 Å². The van der Waals surface area contributed by atoms with Crippen LogP contribution in [-0.4, -0.2) is 25.7 Å². The van der Waals surface area contributed by atoms with Gasteiger partial charge >= 0.3 is 6.03 Å². The Bertz CT molecular complexity index is 727. The van der Waals surface area contributed by atoms with E-state index < -0.39 is 0 Å². The number of carbonyl (C=O) groups is 1. The highest BCUT2D eigenvalue weighted by atomic mass is 16.5. The summed E-state index contributed by atoms with van der Waals surface area (Å²) in [5.74, 6) is 1.31. The van der Waals surface area contributed by atoms with Crippen molar-refractivity contribution in [3.05, 3.63) is 59.7 Å². The number of nitrogens with zero attached hydrogens (tertiary/aromatic N) is 1. The Morgan fingerprint density at radius 2 is 1.92 bits per heavy atom. The van der Waals surface area contributed by atoms with Crippen LogP contribution < -0.4 is 15.0 Å². The number of carbonyl (C=O) groups excluding carboxylic acids is 1. The van der Waals surface area contributed by atoms with E-state index in [9.17, 15) is 4.79 Å². The molecule has 132 valence electrons. The maximum Gasteiger partial charge on any atom is 0.321 e. The van der Waals surface area contributed by atoms with Gasteiger partial charge in [0.1, 0.15) is 12.4 Å². The fourth-order valence-electron chi connectivity index (χ4n) is 3.25. The van der Waals surface area contributed by atoms with E-state index in [2.05, 4.69) is 31.3 Å². The van der Waals surface area contributed by atoms with Crippen LogP contribution in [0.2, 0.25) is 0 Å². The molecule has 1 aliphatic rings. The van der Waals surface area contributed by atoms with Crippen LogP contribution in [0.25, 0.3) is 0 Å². The molecule has 0 aliphatic carbocycles. The monoisotopic (exact) mass is 338 g/mol. The fraction of sp³-hybridized carbons (Fsp3) is 0.381. The number of benzene rings is 2. The third kappa shape index (κ3) is 4.13. The molecule has 1 N–H and O–H groups in total. The molecule has 0 radical (unpaired) electrons. The van der Waals surface area contributed by atoms with Gasteiger partial charge in [0.25, 0.3) is 0 Å². The maximum atomic E-state index is 12.5. The molecule has 0 unspecified atom stereocenters. The number of para-hydroxylation sites is 2. The van der Waals surface area contributed by atoms with Gasteiger partial charge in [-0.1, -0.05) is 50.2 Å². The molecular formula is C21H26N2O2. The third-order valence-electron chi connectivity index (χ3n) is 4.53. The Kier molecular flexibility index (Phi) is 5.59. The Balaban J connectivity index is 1.53. The van der Waals surface area contributed by atoms with Crippen molar-refractivity contribution in [2.45, 2.75) is 32.6 Å². The maximum absolute atomic E-state index is 12.5. The van der Waals surface area contributed by atoms with E-state index in [-0.39, 0.29) is 6.03 Å². The molecule has 0 saturated carbocycles. The minimum atomic E-state index is -0.0482. The van der Waals surface area contributed by atoms with Gasteiger partial charge in [0.15, 0.2) is 0 Å². The molecule has 2 aromatic rings. The number of hydrogen-bond acceptors (Lipinski definition) is 2. The van der Waals surface area contributed by atoms with Crippen molar-refractivity contribution in [2.24, 2.45) is 0 Å². The summed E-state index contributed by atoms with van der Waals surface area (Å²) in [5, 5.41) is 2.97. The predicted molar refractivity (Wildman–Crippen MR) is 102 cm³/mol. The summed E-state index contributed by atoms with van der Waals surface area (Å²) in [6.07, 6.45) is 2.04. The number of nitrogens with one attached hydrogen (secondary N) is 1. The number of amides is 2. The van der Waals surface area contributed by atoms with Crippen LogP contribution in [-0.2, 0) is 6.42 Å². The number of aryl methyl sites for hydroxylation is 1. The molecule has 0 spiro atoms. The second-order valence-electron chi connectivity index (χ2n) is 6.66. The fourth-order valence-corrected chi connectivity index (χ4v) is 3.25. The van der Waals surface area contributed by atoms with Crippen molar-refractivity contribution in [1.82, 2.24) is 5.32 Å². The van der Waals surface area contributed by atoms with Gasteiger partial charge < -0.3 is 10.1 Å². The number of fused-ring (bicyclic) bond motifs is 1. The predicted octanol–water partition coefficient (Wildman–Crippen LogP) is 4.35. The SMILES string of the molecule is CC(C)c1ccccc1OCCNC(=O)N1CCCc2ccccc21. The third-order valence-corrected chi connectivity index (χ3v) is 4.53. The van der Waals surface area contributed by atoms with Gasteiger partial charge in [-0.2, -0.15) is 0 Å². The first-order valence-electron chi connectivity index (χ1n) is 9.02. The highest BCUT2D eigenvalue weighted by Crippen LogP contribution is 2.27. The largest absolute Gasteiger partial charge is 0.491 e. The highest BCUT2D eigenvalue weighted by Gasteiger charge is 2.21. The minimum absolute atomic E-state index is 0.0482. The Morgan fingerprint density at radius 1 is 1.16 bits per heavy atom. The van der Waals surface area contributed by atoms with Crippen molar-refractivity contribution in [2.75, 3.05) is 24.6 Å². The zero-order valence-corrected chi connectivity index (χ0v) is 15.0. The number of anilines is 1. The smallest absolute Gasteiger partial charge is 0.321 e. The lowest BCUT2D eigenvalue weighted by Crippen LogP contribution is -2.44. The van der Waals surface area contributed by atoms with Crippen LogP contribution in [0.15, 0.2) is 48.5 Å². The molecule has 2 aromatic carbocycles. The molecule has 2 amide bonds. The van der Waals surface area contributed by atoms with Gasteiger partial charge in [-0.25, -0.2) is 4.79 Å². The van der Waals surface area contributed by atoms with E-state index in [1.165, 1.54) is 11.1 Å². The summed E-state index contributed by atoms with van der Waals surface area (Å²) in [6, 6.07) is 16.2. The standard InChI is InChI=1S/C21H26N2O2/c1-16(2)18-10-4-6-12-20(18)25-15-13-22-21(24)23-14-7-9-17-8-3-5-11-19(17)23/h3-6,8,10-12,16H,7,9,13-15H2,1-2H3,(H,22,24). The number of ether oxygens (including phenoxy) is 1. The van der Waals surface area contributed by atoms with Gasteiger partial charge in [0, 0.05) is 12.2 Å². The summed E-state index contributed by atoms with van der Waals surface area (Å²) < 4.78 is 5.87. The summed E-state index contributed by atoms with van der Waals surface area (Å²) in [6.45, 7) is 6.02. The van der Waals surface area contributed by atoms with Crippen LogP contribution in [0.5, 0.6) is 5.75 Å². The van der Waals surface area contributed by atoms with Gasteiger partial charge in [0.2, 0.25) is 0 Å². The molecule has 3 rings (SSSR count). The zero-order valence-electron chi connectivity index (χ0n) is 15.0. The Hall–Kier alpha value is -2.49. The minimum Gasteiger partial charge on any atom is -0.491 e. The molecule has 0 atom stereocenters. The van der Waals surface area contributed by atoms with Gasteiger partial charge in [-0.05, 0) is 42.0 Å². The first-order valence-corrected chi connectivity index (χ1v) is 9.02. The Morgan fingerprint density at radius 3 is 2.76 bits per heavy atom. The van der Waals surface area contributed by atoms with Crippen LogP contribution in [0.1, 0.15) is 37.3 Å². The van der Waals surface area contributed by atoms with Crippen LogP contribution in [0.3, 0.4) is 0 Å². The van der Waals surface area contributed by atoms with Crippen molar-refractivity contribution >= 4 is 11.7 Å². The van der Waals surface area contributed by atoms with E-state index in [0.29, 0.717) is 19.1 Å². The molecule has 0 fully saturated rings. The van der Waals surface area contributed by atoms with Crippen LogP contribution in [0, 0.1) is 0 Å². The van der Waals surface area contributed by atoms with Gasteiger partial charge in [-0.3, -0.25) is 4.90 Å². The normalized spacial score (nSPS) is 13.5. The second kappa shape index (κ2) is 8.06. The highest BCUT2D eigenvalue weighted by molar-refractivity contribution is 5.93. The molecule has 25 heavy (non-hydrogen) atoms. The molecule has 1 heterocycles. The van der Waals surface area contributed by atoms with Crippen LogP contribution in [0.4, 0.5) is 10.5 Å². The quantitative estimate of drug-likeness (QED) is 0.824. The lowest BCUT2D eigenvalue weighted by Gasteiger charge is -2.29. The first kappa shape index (κ1) is 17.3. The van der Waals surface area contributed by atoms with E-state index >= 15 is 0 Å². The summed E-state index contributed by atoms with van der Waals surface area (Å²) >= 11 is 0. The molecule has 4 nitrogen and oxygen atoms in total. The average Bonchev–Trinajstić information content (AvgIpc) is 2.64. The van der Waals surface area contributed by atoms with Crippen molar-refractivity contribution < 1.29 is 9.53 Å². The summed E-state index contributed by atoms with van der Waals surface area (Å²) in [5.41, 5.74) is 3.46. The number of urea groups is 1. The summed E-state index contributed by atoms with van der Waals surface area (Å²) in [4.78, 5) is 14.3. The number of rotatable bonds is 5. The molecule has 0 bridgehead atoms. The van der Waals surface area contributed by atoms with Crippen molar-refractivity contribution in [3.63, 3.8) is 0 Å². The lowest BCUT2D eigenvalue weighted by molar-refractivity contribution is 0.241. The lowest BCUT2D eigenvalue weighted by atomic mass is 10.0. The molecule has 1 aliphatic heterocycles. The van der Waals surface area contributed by atoms with E-state index in [1.807, 2.05) is 41.3 Å². The Labute approximate surface area is 149 Å². The molecule has 0 aromatic heterocycles. The molecule has 0 saturated heterocycles. The molecular weight excluding hydrogens is 312 g/mol. The van der Waals surface area contributed by atoms with Crippen LogP contribution >= 0.6 is 0 Å². The zero-order chi connectivity index (χ0) is 17.6. The van der Waals surface area contributed by atoms with E-state index in [4.69, 9.17) is 4.74 Å². The summed E-state index contributed by atoms with van der Waals surface area (Å²) in [7, 11) is 0. The topological polar surface area (TPSA) is 41.6 Å². The second-order valence-corrected chi connectivity index (χ2v) is 6.66. The van der Waals surface area contributed by atoms with E-state index in [1.54, 1.807) is 0 Å².